The highest BCUT2D eigenvalue weighted by Gasteiger charge is 2.71. The second-order valence-electron chi connectivity index (χ2n) is 21.2. The van der Waals surface area contributed by atoms with E-state index in [1.165, 1.54) is 24.8 Å². The molecule has 3 N–H and O–H groups in total. The van der Waals surface area contributed by atoms with E-state index < -0.39 is 28.9 Å². The number of hydrogen-bond acceptors (Lipinski definition) is 7. The van der Waals surface area contributed by atoms with Crippen LogP contribution in [0, 0.1) is 62.1 Å². The Kier molecular flexibility index (Phi) is 11.0. The first-order chi connectivity index (χ1) is 24.7. The third-order valence-electron chi connectivity index (χ3n) is 17.4. The number of rotatable bonds is 13. The van der Waals surface area contributed by atoms with E-state index in [0.29, 0.717) is 24.8 Å². The number of likely N-dealkylation sites (N-methyl/N-ethyl adjacent to an activating group) is 1. The number of hydrogen-bond donors (Lipinski definition) is 3. The minimum absolute atomic E-state index is 0.0147. The van der Waals surface area contributed by atoms with Crippen LogP contribution in [0.1, 0.15) is 146 Å². The Labute approximate surface area is 321 Å². The normalized spacial score (nSPS) is 38.8. The Balaban J connectivity index is 1.28. The molecule has 6 aliphatic carbocycles. The van der Waals surface area contributed by atoms with E-state index in [1.807, 2.05) is 7.05 Å². The summed E-state index contributed by atoms with van der Waals surface area (Å²) in [5, 5.41) is 25.5. The Morgan fingerprint density at radius 1 is 0.943 bits per heavy atom. The minimum Gasteiger partial charge on any atom is -0.481 e. The van der Waals surface area contributed by atoms with Crippen molar-refractivity contribution in [3.8, 4) is 0 Å². The van der Waals surface area contributed by atoms with Crippen LogP contribution >= 0.6 is 0 Å². The Hall–Kier alpha value is -1.77. The third kappa shape index (κ3) is 6.58. The molecule has 0 spiro atoms. The van der Waals surface area contributed by atoms with Crippen LogP contribution in [0.15, 0.2) is 11.1 Å². The van der Waals surface area contributed by atoms with Crippen molar-refractivity contribution in [1.29, 1.82) is 0 Å². The first-order valence-electron chi connectivity index (χ1n) is 21.4. The van der Waals surface area contributed by atoms with Crippen LogP contribution in [0.3, 0.4) is 0 Å². The van der Waals surface area contributed by atoms with Crippen LogP contribution in [-0.2, 0) is 19.1 Å². The lowest BCUT2D eigenvalue weighted by atomic mass is 9.33. The monoisotopic (exact) mass is 739 g/mol. The summed E-state index contributed by atoms with van der Waals surface area (Å²) in [4.78, 5) is 41.6. The number of fused-ring (bicyclic) bond motifs is 7. The molecule has 0 aromatic rings. The quantitative estimate of drug-likeness (QED) is 0.163. The number of esters is 1. The van der Waals surface area contributed by atoms with Crippen molar-refractivity contribution in [3.63, 3.8) is 0 Å². The first kappa shape index (κ1) is 40.9. The van der Waals surface area contributed by atoms with Gasteiger partial charge < -0.3 is 20.3 Å². The van der Waals surface area contributed by atoms with Gasteiger partial charge in [-0.25, -0.2) is 0 Å². The van der Waals surface area contributed by atoms with Gasteiger partial charge in [-0.2, -0.15) is 0 Å². The van der Waals surface area contributed by atoms with E-state index in [1.54, 1.807) is 13.8 Å². The van der Waals surface area contributed by atoms with Gasteiger partial charge in [0.1, 0.15) is 6.10 Å². The van der Waals surface area contributed by atoms with E-state index in [4.69, 9.17) is 4.74 Å². The summed E-state index contributed by atoms with van der Waals surface area (Å²) >= 11 is 0. The second-order valence-corrected chi connectivity index (χ2v) is 21.2. The van der Waals surface area contributed by atoms with Crippen LogP contribution in [-0.4, -0.2) is 78.3 Å². The molecule has 0 aliphatic heterocycles. The number of allylic oxidation sites excluding steroid dienone is 1. The minimum atomic E-state index is -1.16. The zero-order valence-electron chi connectivity index (χ0n) is 35.0. The summed E-state index contributed by atoms with van der Waals surface area (Å²) in [6.45, 7) is 23.3. The van der Waals surface area contributed by atoms with Crippen molar-refractivity contribution in [1.82, 2.24) is 10.2 Å². The molecule has 0 amide bonds. The predicted octanol–water partition coefficient (Wildman–Crippen LogP) is 8.06. The Morgan fingerprint density at radius 3 is 2.25 bits per heavy atom. The topological polar surface area (TPSA) is 116 Å². The Bertz CT molecular complexity index is 1460. The molecule has 0 aromatic carbocycles. The van der Waals surface area contributed by atoms with E-state index in [2.05, 4.69) is 58.7 Å². The highest BCUT2D eigenvalue weighted by atomic mass is 16.5. The second kappa shape index (κ2) is 14.3. The molecule has 300 valence electrons. The largest absolute Gasteiger partial charge is 0.481 e. The Morgan fingerprint density at radius 2 is 1.64 bits per heavy atom. The molecule has 8 heteroatoms. The average Bonchev–Trinajstić information content (AvgIpc) is 3.36. The van der Waals surface area contributed by atoms with Crippen LogP contribution < -0.4 is 5.32 Å². The summed E-state index contributed by atoms with van der Waals surface area (Å²) in [5.41, 5.74) is 0.703. The maximum atomic E-state index is 14.2. The highest BCUT2D eigenvalue weighted by Crippen LogP contribution is 2.77. The van der Waals surface area contributed by atoms with Crippen LogP contribution in [0.2, 0.25) is 0 Å². The molecule has 53 heavy (non-hydrogen) atoms. The van der Waals surface area contributed by atoms with E-state index in [9.17, 15) is 24.6 Å². The predicted molar refractivity (Wildman–Crippen MR) is 209 cm³/mol. The van der Waals surface area contributed by atoms with Crippen LogP contribution in [0.5, 0.6) is 0 Å². The highest BCUT2D eigenvalue weighted by molar-refractivity contribution is 6.00. The molecule has 5 fully saturated rings. The van der Waals surface area contributed by atoms with Gasteiger partial charge in [-0.15, -0.1) is 0 Å². The van der Waals surface area contributed by atoms with E-state index in [-0.39, 0.29) is 51.8 Å². The molecule has 8 nitrogen and oxygen atoms in total. The van der Waals surface area contributed by atoms with E-state index >= 15 is 0 Å². The van der Waals surface area contributed by atoms with Gasteiger partial charge in [0.25, 0.3) is 0 Å². The molecule has 0 unspecified atom stereocenters. The lowest BCUT2D eigenvalue weighted by Gasteiger charge is -2.72. The maximum Gasteiger partial charge on any atom is 0.309 e. The number of ether oxygens (including phenoxy) is 1. The number of aliphatic hydroxyl groups excluding tert-OH is 1. The number of carboxylic acid groups (broad SMARTS) is 1. The molecule has 9 atom stereocenters. The lowest BCUT2D eigenvalue weighted by Crippen LogP contribution is -2.66. The zero-order valence-corrected chi connectivity index (χ0v) is 35.0. The fourth-order valence-corrected chi connectivity index (χ4v) is 13.9. The molecule has 0 saturated heterocycles. The molecular formula is C45H74N2O6. The van der Waals surface area contributed by atoms with Crippen molar-refractivity contribution >= 4 is 17.7 Å². The molecule has 6 rings (SSSR count). The van der Waals surface area contributed by atoms with Crippen molar-refractivity contribution < 1.29 is 29.3 Å². The van der Waals surface area contributed by atoms with Crippen LogP contribution in [0.4, 0.5) is 0 Å². The zero-order chi connectivity index (χ0) is 38.9. The number of ketones is 1. The van der Waals surface area contributed by atoms with Crippen molar-refractivity contribution in [2.45, 2.75) is 158 Å². The van der Waals surface area contributed by atoms with Gasteiger partial charge in [-0.3, -0.25) is 19.3 Å². The number of nitrogens with zero attached hydrogens (tertiary/aromatic N) is 1. The van der Waals surface area contributed by atoms with Gasteiger partial charge in [0.05, 0.1) is 17.9 Å². The number of aliphatic carboxylic acids is 1. The molecule has 0 heterocycles. The average molecular weight is 739 g/mol. The van der Waals surface area contributed by atoms with E-state index in [0.717, 1.165) is 82.5 Å². The molecule has 5 saturated carbocycles. The van der Waals surface area contributed by atoms with Gasteiger partial charge in [0.2, 0.25) is 0 Å². The van der Waals surface area contributed by atoms with Gasteiger partial charge in [0, 0.05) is 43.4 Å². The summed E-state index contributed by atoms with van der Waals surface area (Å²) in [6, 6.07) is 0. The fraction of sp³-hybridized carbons (Fsp3) is 0.889. The smallest absolute Gasteiger partial charge is 0.309 e. The van der Waals surface area contributed by atoms with Crippen LogP contribution in [0.25, 0.3) is 0 Å². The summed E-state index contributed by atoms with van der Waals surface area (Å²) in [5.74, 6) is 0.935. The van der Waals surface area contributed by atoms with Gasteiger partial charge in [0.15, 0.2) is 5.78 Å². The standard InChI is InChI=1S/C45H74N2O6/c1-28(2)37-31(48)24-45(34(49)27-47(23-22-46-10)26-29-12-11-13-29)21-20-43(8)30(38(37)45)14-15-33-42(7)18-17-35(53-36(50)25-40(3,4)39(51)52)41(5,6)32(42)16-19-44(33,43)9/h28-30,32-35,46,49H,11-27H2,1-10H3,(H,51,52)/t30-,32-,33-,34+,35+,42+,43-,44-,45+/m1/s1. The molecule has 6 aliphatic rings. The number of nitrogens with one attached hydrogen (secondary N) is 1. The van der Waals surface area contributed by atoms with Gasteiger partial charge in [-0.1, -0.05) is 60.5 Å². The van der Waals surface area contributed by atoms with Crippen molar-refractivity contribution in [2.24, 2.45) is 62.1 Å². The number of carbonyl (C=O) groups excluding carboxylic acids is 2. The summed E-state index contributed by atoms with van der Waals surface area (Å²) in [7, 11) is 2.00. The number of carboxylic acids is 1. The SMILES string of the molecule is CNCCN(CC1CCC1)C[C@H](O)[C@@]12CC[C@]3(C)[C@H](CC[C@@H]4[C@@]5(C)CC[C@H](OC(=O)CC(C)(C)C(=O)O)C(C)(C)[C@H]5CC[C@]43C)C1=C(C(C)C)C(=O)C2. The van der Waals surface area contributed by atoms with Crippen molar-refractivity contribution in [2.75, 3.05) is 33.2 Å². The fourth-order valence-electron chi connectivity index (χ4n) is 13.9. The number of Topliss-reactive ketones (excluding diaryl/α,β-unsaturated/α-hetero) is 1. The van der Waals surface area contributed by atoms with Gasteiger partial charge in [-0.05, 0) is 137 Å². The number of aliphatic hydroxyl groups is 1. The molecule has 0 radical (unpaired) electrons. The first-order valence-corrected chi connectivity index (χ1v) is 21.4. The maximum absolute atomic E-state index is 14.2. The molecular weight excluding hydrogens is 665 g/mol. The molecule has 0 bridgehead atoms. The van der Waals surface area contributed by atoms with Crippen molar-refractivity contribution in [3.05, 3.63) is 11.1 Å². The molecule has 0 aromatic heterocycles. The van der Waals surface area contributed by atoms with Gasteiger partial charge >= 0.3 is 11.9 Å². The summed E-state index contributed by atoms with van der Waals surface area (Å²) < 4.78 is 6.19. The summed E-state index contributed by atoms with van der Waals surface area (Å²) in [6.07, 6.45) is 11.5. The third-order valence-corrected chi connectivity index (χ3v) is 17.4. The lowest BCUT2D eigenvalue weighted by molar-refractivity contribution is -0.235. The number of carbonyl (C=O) groups is 3.